The van der Waals surface area contributed by atoms with Crippen molar-refractivity contribution in [3.05, 3.63) is 59.4 Å². The fourth-order valence-corrected chi connectivity index (χ4v) is 1.72. The van der Waals surface area contributed by atoms with Crippen LogP contribution < -0.4 is 5.32 Å². The van der Waals surface area contributed by atoms with Crippen LogP contribution in [0.4, 0.5) is 14.5 Å². The number of pyridine rings is 1. The first-order chi connectivity index (χ1) is 8.59. The van der Waals surface area contributed by atoms with Crippen molar-refractivity contribution in [1.82, 2.24) is 4.98 Å². The highest BCUT2D eigenvalue weighted by molar-refractivity contribution is 5.50. The number of nitrogens with zero attached hydrogens (tertiary/aromatic N) is 1. The molecular formula is C14H14F2N2. The van der Waals surface area contributed by atoms with E-state index in [-0.39, 0.29) is 11.7 Å². The van der Waals surface area contributed by atoms with Gasteiger partial charge in [-0.3, -0.25) is 4.98 Å². The van der Waals surface area contributed by atoms with E-state index < -0.39 is 11.6 Å². The fourth-order valence-electron chi connectivity index (χ4n) is 1.72. The lowest BCUT2D eigenvalue weighted by atomic mass is 10.1. The van der Waals surface area contributed by atoms with Gasteiger partial charge in [-0.15, -0.1) is 0 Å². The Hall–Kier alpha value is -1.97. The average Bonchev–Trinajstić information content (AvgIpc) is 2.40. The van der Waals surface area contributed by atoms with Crippen molar-refractivity contribution in [3.63, 3.8) is 0 Å². The number of halogens is 2. The molecule has 1 unspecified atom stereocenters. The first kappa shape index (κ1) is 12.5. The number of hydrogen-bond acceptors (Lipinski definition) is 2. The summed E-state index contributed by atoms with van der Waals surface area (Å²) in [5, 5.41) is 2.85. The highest BCUT2D eigenvalue weighted by Crippen LogP contribution is 2.25. The Morgan fingerprint density at radius 3 is 2.67 bits per heavy atom. The number of aryl methyl sites for hydroxylation is 1. The van der Waals surface area contributed by atoms with Gasteiger partial charge in [-0.05, 0) is 37.1 Å². The highest BCUT2D eigenvalue weighted by Gasteiger charge is 2.14. The summed E-state index contributed by atoms with van der Waals surface area (Å²) in [5.41, 5.74) is 1.20. The van der Waals surface area contributed by atoms with Gasteiger partial charge < -0.3 is 5.32 Å². The van der Waals surface area contributed by atoms with Crippen molar-refractivity contribution >= 4 is 5.69 Å². The Morgan fingerprint density at radius 2 is 2.00 bits per heavy atom. The molecule has 18 heavy (non-hydrogen) atoms. The lowest BCUT2D eigenvalue weighted by Crippen LogP contribution is -2.10. The van der Waals surface area contributed by atoms with E-state index in [1.54, 1.807) is 25.4 Å². The molecule has 1 atom stereocenters. The van der Waals surface area contributed by atoms with Crippen molar-refractivity contribution in [1.29, 1.82) is 0 Å². The molecule has 0 amide bonds. The Balaban J connectivity index is 2.27. The molecule has 2 aromatic rings. The molecule has 4 heteroatoms. The van der Waals surface area contributed by atoms with E-state index in [9.17, 15) is 8.78 Å². The second-order valence-corrected chi connectivity index (χ2v) is 4.21. The molecule has 0 fully saturated rings. The van der Waals surface area contributed by atoms with Gasteiger partial charge in [-0.2, -0.15) is 0 Å². The van der Waals surface area contributed by atoms with Gasteiger partial charge in [0.1, 0.15) is 11.5 Å². The van der Waals surface area contributed by atoms with E-state index in [2.05, 4.69) is 10.3 Å². The zero-order valence-corrected chi connectivity index (χ0v) is 10.2. The smallest absolute Gasteiger partial charge is 0.152 e. The maximum Gasteiger partial charge on any atom is 0.152 e. The number of anilines is 1. The molecule has 0 spiro atoms. The second-order valence-electron chi connectivity index (χ2n) is 4.21. The Morgan fingerprint density at radius 1 is 1.22 bits per heavy atom. The van der Waals surface area contributed by atoms with Crippen LogP contribution in [0.25, 0.3) is 0 Å². The quantitative estimate of drug-likeness (QED) is 0.892. The van der Waals surface area contributed by atoms with E-state index >= 15 is 0 Å². The summed E-state index contributed by atoms with van der Waals surface area (Å²) in [6.07, 6.45) is 3.33. The van der Waals surface area contributed by atoms with E-state index in [0.717, 1.165) is 5.56 Å². The number of hydrogen-bond donors (Lipinski definition) is 1. The first-order valence-electron chi connectivity index (χ1n) is 5.70. The summed E-state index contributed by atoms with van der Waals surface area (Å²) in [7, 11) is 0. The van der Waals surface area contributed by atoms with E-state index in [0.29, 0.717) is 5.56 Å². The highest BCUT2D eigenvalue weighted by atomic mass is 19.1. The lowest BCUT2D eigenvalue weighted by molar-refractivity contribution is 0.579. The van der Waals surface area contributed by atoms with Crippen LogP contribution in [-0.4, -0.2) is 4.98 Å². The molecule has 1 aromatic carbocycles. The topological polar surface area (TPSA) is 24.9 Å². The third kappa shape index (κ3) is 2.47. The molecule has 0 aliphatic heterocycles. The van der Waals surface area contributed by atoms with Crippen molar-refractivity contribution in [2.75, 3.05) is 5.32 Å². The van der Waals surface area contributed by atoms with Crippen LogP contribution in [-0.2, 0) is 0 Å². The minimum Gasteiger partial charge on any atom is -0.374 e. The van der Waals surface area contributed by atoms with Crippen LogP contribution in [0.2, 0.25) is 0 Å². The fraction of sp³-hybridized carbons (Fsp3) is 0.214. The second kappa shape index (κ2) is 5.12. The average molecular weight is 248 g/mol. The minimum absolute atomic E-state index is 0.0913. The Bertz CT molecular complexity index is 541. The molecule has 2 rings (SSSR count). The summed E-state index contributed by atoms with van der Waals surface area (Å²) in [4.78, 5) is 3.98. The maximum absolute atomic E-state index is 13.8. The normalized spacial score (nSPS) is 12.2. The van der Waals surface area contributed by atoms with Crippen molar-refractivity contribution in [2.45, 2.75) is 19.9 Å². The molecule has 0 bridgehead atoms. The molecule has 0 aliphatic carbocycles. The Labute approximate surface area is 105 Å². The zero-order chi connectivity index (χ0) is 13.1. The number of rotatable bonds is 3. The van der Waals surface area contributed by atoms with Gasteiger partial charge in [0.15, 0.2) is 5.82 Å². The molecule has 1 heterocycles. The van der Waals surface area contributed by atoms with Crippen LogP contribution in [0.3, 0.4) is 0 Å². The van der Waals surface area contributed by atoms with Gasteiger partial charge in [-0.1, -0.05) is 12.1 Å². The summed E-state index contributed by atoms with van der Waals surface area (Å²) in [5.74, 6) is -1.14. The van der Waals surface area contributed by atoms with E-state index in [1.165, 1.54) is 12.1 Å². The molecule has 0 saturated heterocycles. The first-order valence-corrected chi connectivity index (χ1v) is 5.70. The number of benzene rings is 1. The maximum atomic E-state index is 13.8. The van der Waals surface area contributed by atoms with E-state index in [4.69, 9.17) is 0 Å². The SMILES string of the molecule is Cc1ccc(F)c(NC(C)c2cccnc2)c1F. The van der Waals surface area contributed by atoms with Crippen LogP contribution in [0.5, 0.6) is 0 Å². The summed E-state index contributed by atoms with van der Waals surface area (Å²) >= 11 is 0. The predicted molar refractivity (Wildman–Crippen MR) is 67.4 cm³/mol. The summed E-state index contributed by atoms with van der Waals surface area (Å²) in [6.45, 7) is 3.44. The molecule has 1 N–H and O–H groups in total. The molecule has 94 valence electrons. The summed E-state index contributed by atoms with van der Waals surface area (Å²) in [6, 6.07) is 6.11. The van der Waals surface area contributed by atoms with Gasteiger partial charge in [0, 0.05) is 12.4 Å². The molecule has 0 aliphatic rings. The van der Waals surface area contributed by atoms with Crippen molar-refractivity contribution < 1.29 is 8.78 Å². The van der Waals surface area contributed by atoms with E-state index in [1.807, 2.05) is 13.0 Å². The largest absolute Gasteiger partial charge is 0.374 e. The van der Waals surface area contributed by atoms with Gasteiger partial charge in [0.25, 0.3) is 0 Å². The third-order valence-electron chi connectivity index (χ3n) is 2.83. The van der Waals surface area contributed by atoms with Crippen LogP contribution in [0, 0.1) is 18.6 Å². The minimum atomic E-state index is -0.589. The van der Waals surface area contributed by atoms with Crippen LogP contribution in [0.15, 0.2) is 36.7 Å². The standard InChI is InChI=1S/C14H14F2N2/c1-9-5-6-12(15)14(13(9)16)18-10(2)11-4-3-7-17-8-11/h3-8,10,18H,1-2H3. The summed E-state index contributed by atoms with van der Waals surface area (Å²) < 4.78 is 27.4. The van der Waals surface area contributed by atoms with Gasteiger partial charge in [0.05, 0.1) is 6.04 Å². The number of aromatic nitrogens is 1. The molecule has 0 radical (unpaired) electrons. The monoisotopic (exact) mass is 248 g/mol. The van der Waals surface area contributed by atoms with Crippen LogP contribution in [0.1, 0.15) is 24.1 Å². The van der Waals surface area contributed by atoms with Gasteiger partial charge in [0.2, 0.25) is 0 Å². The third-order valence-corrected chi connectivity index (χ3v) is 2.83. The number of nitrogens with one attached hydrogen (secondary N) is 1. The lowest BCUT2D eigenvalue weighted by Gasteiger charge is -2.17. The van der Waals surface area contributed by atoms with Crippen LogP contribution >= 0.6 is 0 Å². The molecular weight excluding hydrogens is 234 g/mol. The predicted octanol–water partition coefficient (Wildman–Crippen LogP) is 3.84. The molecule has 2 nitrogen and oxygen atoms in total. The Kier molecular flexibility index (Phi) is 3.55. The van der Waals surface area contributed by atoms with Gasteiger partial charge in [-0.25, -0.2) is 8.78 Å². The zero-order valence-electron chi connectivity index (χ0n) is 10.2. The van der Waals surface area contributed by atoms with Crippen molar-refractivity contribution in [2.24, 2.45) is 0 Å². The van der Waals surface area contributed by atoms with Gasteiger partial charge >= 0.3 is 0 Å². The van der Waals surface area contributed by atoms with Crippen molar-refractivity contribution in [3.8, 4) is 0 Å². The molecule has 1 aromatic heterocycles. The molecule has 0 saturated carbocycles.